The SMILES string of the molecule is CCCCC.O=CC[C@H](O)[C@H](O)CO. The highest BCUT2D eigenvalue weighted by molar-refractivity contribution is 5.50. The Hall–Kier alpha value is -0.450. The van der Waals surface area contributed by atoms with Crippen LogP contribution in [0, 0.1) is 0 Å². The number of carbonyl (C=O) groups is 1. The van der Waals surface area contributed by atoms with Crippen LogP contribution < -0.4 is 0 Å². The Morgan fingerprint density at radius 3 is 1.86 bits per heavy atom. The second-order valence-electron chi connectivity index (χ2n) is 3.07. The lowest BCUT2D eigenvalue weighted by Crippen LogP contribution is -2.29. The highest BCUT2D eigenvalue weighted by Crippen LogP contribution is 1.94. The smallest absolute Gasteiger partial charge is 0.122 e. The largest absolute Gasteiger partial charge is 0.394 e. The van der Waals surface area contributed by atoms with Gasteiger partial charge in [-0.1, -0.05) is 33.1 Å². The molecule has 0 rings (SSSR count). The maximum Gasteiger partial charge on any atom is 0.122 e. The standard InChI is InChI=1S/C5H10O4.C5H12/c6-2-1-4(8)5(9)3-7;1-3-5-4-2/h2,4-5,7-9H,1,3H2;3-5H2,1-2H3/t4-,5+;/m0./s1. The van der Waals surface area contributed by atoms with E-state index in [0.717, 1.165) is 0 Å². The summed E-state index contributed by atoms with van der Waals surface area (Å²) in [6.07, 6.45) is 2.10. The molecule has 0 aromatic carbocycles. The van der Waals surface area contributed by atoms with E-state index in [1.807, 2.05) is 0 Å². The molecular weight excluding hydrogens is 184 g/mol. The van der Waals surface area contributed by atoms with E-state index < -0.39 is 18.8 Å². The van der Waals surface area contributed by atoms with Crippen LogP contribution in [0.2, 0.25) is 0 Å². The van der Waals surface area contributed by atoms with Crippen molar-refractivity contribution in [2.45, 2.75) is 51.7 Å². The predicted molar refractivity (Wildman–Crippen MR) is 55.0 cm³/mol. The second kappa shape index (κ2) is 12.6. The predicted octanol–water partition coefficient (Wildman–Crippen LogP) is 0.486. The number of rotatable bonds is 6. The van der Waals surface area contributed by atoms with Crippen LogP contribution in [0.1, 0.15) is 39.5 Å². The molecule has 14 heavy (non-hydrogen) atoms. The molecule has 3 N–H and O–H groups in total. The van der Waals surface area contributed by atoms with Crippen molar-refractivity contribution in [1.82, 2.24) is 0 Å². The van der Waals surface area contributed by atoms with Crippen LogP contribution in [0.4, 0.5) is 0 Å². The van der Waals surface area contributed by atoms with Crippen molar-refractivity contribution >= 4 is 6.29 Å². The molecule has 4 heteroatoms. The minimum atomic E-state index is -1.20. The molecule has 0 aromatic rings. The van der Waals surface area contributed by atoms with Crippen LogP contribution in [-0.2, 0) is 4.79 Å². The third-order valence-electron chi connectivity index (χ3n) is 1.68. The molecule has 0 aliphatic heterocycles. The molecule has 0 fully saturated rings. The van der Waals surface area contributed by atoms with Crippen molar-refractivity contribution in [2.75, 3.05) is 6.61 Å². The molecule has 0 unspecified atom stereocenters. The van der Waals surface area contributed by atoms with Crippen molar-refractivity contribution in [3.8, 4) is 0 Å². The summed E-state index contributed by atoms with van der Waals surface area (Å²) < 4.78 is 0. The van der Waals surface area contributed by atoms with Gasteiger partial charge < -0.3 is 20.1 Å². The van der Waals surface area contributed by atoms with Crippen molar-refractivity contribution in [2.24, 2.45) is 0 Å². The lowest BCUT2D eigenvalue weighted by Gasteiger charge is -2.11. The molecule has 0 aliphatic rings. The molecule has 0 bridgehead atoms. The Kier molecular flexibility index (Phi) is 14.3. The van der Waals surface area contributed by atoms with Crippen LogP contribution in [0.5, 0.6) is 0 Å². The van der Waals surface area contributed by atoms with Gasteiger partial charge in [0.25, 0.3) is 0 Å². The van der Waals surface area contributed by atoms with Crippen LogP contribution in [0.15, 0.2) is 0 Å². The first-order valence-corrected chi connectivity index (χ1v) is 5.04. The average molecular weight is 206 g/mol. The van der Waals surface area contributed by atoms with Crippen LogP contribution in [-0.4, -0.2) is 40.4 Å². The topological polar surface area (TPSA) is 77.8 Å². The monoisotopic (exact) mass is 206 g/mol. The lowest BCUT2D eigenvalue weighted by atomic mass is 10.2. The third kappa shape index (κ3) is 11.6. The molecule has 0 aromatic heterocycles. The Balaban J connectivity index is 0. The molecule has 0 heterocycles. The fourth-order valence-corrected chi connectivity index (χ4v) is 0.731. The first-order chi connectivity index (χ1) is 6.63. The number of hydrogen-bond acceptors (Lipinski definition) is 4. The average Bonchev–Trinajstić information content (AvgIpc) is 2.19. The van der Waals surface area contributed by atoms with Crippen molar-refractivity contribution in [1.29, 1.82) is 0 Å². The van der Waals surface area contributed by atoms with E-state index in [1.165, 1.54) is 19.3 Å². The van der Waals surface area contributed by atoms with Gasteiger partial charge in [-0.3, -0.25) is 0 Å². The van der Waals surface area contributed by atoms with Gasteiger partial charge in [0.15, 0.2) is 0 Å². The van der Waals surface area contributed by atoms with Gasteiger partial charge in [0.1, 0.15) is 12.4 Å². The zero-order valence-corrected chi connectivity index (χ0v) is 9.02. The van der Waals surface area contributed by atoms with E-state index in [-0.39, 0.29) is 6.42 Å². The minimum Gasteiger partial charge on any atom is -0.394 e. The Labute approximate surface area is 85.6 Å². The van der Waals surface area contributed by atoms with E-state index in [4.69, 9.17) is 15.3 Å². The normalized spacial score (nSPS) is 13.8. The molecule has 0 radical (unpaired) electrons. The van der Waals surface area contributed by atoms with Gasteiger partial charge in [-0.2, -0.15) is 0 Å². The van der Waals surface area contributed by atoms with Gasteiger partial charge >= 0.3 is 0 Å². The summed E-state index contributed by atoms with van der Waals surface area (Å²) in [6.45, 7) is 3.90. The highest BCUT2D eigenvalue weighted by Gasteiger charge is 2.13. The fourth-order valence-electron chi connectivity index (χ4n) is 0.731. The quantitative estimate of drug-likeness (QED) is 0.553. The minimum absolute atomic E-state index is 0.137. The number of carbonyl (C=O) groups excluding carboxylic acids is 1. The molecule has 0 saturated carbocycles. The number of hydrogen-bond donors (Lipinski definition) is 3. The Bertz CT molecular complexity index is 115. The molecule has 0 spiro atoms. The summed E-state index contributed by atoms with van der Waals surface area (Å²) in [5, 5.41) is 25.5. The van der Waals surface area contributed by atoms with Crippen molar-refractivity contribution < 1.29 is 20.1 Å². The molecule has 2 atom stereocenters. The number of aldehydes is 1. The summed E-state index contributed by atoms with van der Waals surface area (Å²) in [5.74, 6) is 0. The zero-order chi connectivity index (χ0) is 11.4. The third-order valence-corrected chi connectivity index (χ3v) is 1.68. The second-order valence-corrected chi connectivity index (χ2v) is 3.07. The molecule has 0 saturated heterocycles. The van der Waals surface area contributed by atoms with E-state index in [0.29, 0.717) is 6.29 Å². The summed E-state index contributed by atoms with van der Waals surface area (Å²) in [7, 11) is 0. The van der Waals surface area contributed by atoms with Gasteiger partial charge in [0, 0.05) is 6.42 Å². The Morgan fingerprint density at radius 1 is 1.14 bits per heavy atom. The van der Waals surface area contributed by atoms with E-state index >= 15 is 0 Å². The molecule has 4 nitrogen and oxygen atoms in total. The van der Waals surface area contributed by atoms with Crippen LogP contribution >= 0.6 is 0 Å². The zero-order valence-electron chi connectivity index (χ0n) is 9.02. The Morgan fingerprint density at radius 2 is 1.64 bits per heavy atom. The maximum absolute atomic E-state index is 9.68. The first kappa shape index (κ1) is 16.0. The number of aliphatic hydroxyl groups is 3. The number of aliphatic hydroxyl groups excluding tert-OH is 3. The number of unbranched alkanes of at least 4 members (excludes halogenated alkanes) is 2. The highest BCUT2D eigenvalue weighted by atomic mass is 16.4. The molecule has 0 aliphatic carbocycles. The molecular formula is C10H22O4. The summed E-state index contributed by atoms with van der Waals surface area (Å²) in [5.41, 5.74) is 0. The van der Waals surface area contributed by atoms with Gasteiger partial charge in [0.2, 0.25) is 0 Å². The van der Waals surface area contributed by atoms with E-state index in [9.17, 15) is 4.79 Å². The van der Waals surface area contributed by atoms with Gasteiger partial charge in [-0.05, 0) is 0 Å². The van der Waals surface area contributed by atoms with Crippen LogP contribution in [0.25, 0.3) is 0 Å². The molecule has 86 valence electrons. The maximum atomic E-state index is 9.68. The fraction of sp³-hybridized carbons (Fsp3) is 0.900. The van der Waals surface area contributed by atoms with E-state index in [1.54, 1.807) is 0 Å². The van der Waals surface area contributed by atoms with Crippen molar-refractivity contribution in [3.05, 3.63) is 0 Å². The molecule has 0 amide bonds. The van der Waals surface area contributed by atoms with Crippen molar-refractivity contribution in [3.63, 3.8) is 0 Å². The van der Waals surface area contributed by atoms with Gasteiger partial charge in [-0.15, -0.1) is 0 Å². The first-order valence-electron chi connectivity index (χ1n) is 5.04. The van der Waals surface area contributed by atoms with Gasteiger partial charge in [0.05, 0.1) is 12.7 Å². The summed E-state index contributed by atoms with van der Waals surface area (Å²) in [4.78, 5) is 9.68. The lowest BCUT2D eigenvalue weighted by molar-refractivity contribution is -0.111. The summed E-state index contributed by atoms with van der Waals surface area (Å²) >= 11 is 0. The van der Waals surface area contributed by atoms with E-state index in [2.05, 4.69) is 13.8 Å². The summed E-state index contributed by atoms with van der Waals surface area (Å²) in [6, 6.07) is 0. The van der Waals surface area contributed by atoms with Crippen LogP contribution in [0.3, 0.4) is 0 Å². The van der Waals surface area contributed by atoms with Gasteiger partial charge in [-0.25, -0.2) is 0 Å².